The molecule has 0 aliphatic rings. The van der Waals surface area contributed by atoms with Gasteiger partial charge in [-0.25, -0.2) is 4.98 Å². The van der Waals surface area contributed by atoms with Gasteiger partial charge in [0.1, 0.15) is 11.5 Å². The normalized spacial score (nSPS) is 11.2. The van der Waals surface area contributed by atoms with Crippen LogP contribution in [0.3, 0.4) is 0 Å². The van der Waals surface area contributed by atoms with Crippen LogP contribution in [0.2, 0.25) is 0 Å². The number of benzene rings is 1. The van der Waals surface area contributed by atoms with E-state index in [1.807, 2.05) is 0 Å². The van der Waals surface area contributed by atoms with Crippen LogP contribution in [0.4, 0.5) is 20.3 Å². The van der Waals surface area contributed by atoms with Crippen LogP contribution in [0.1, 0.15) is 23.0 Å². The highest BCUT2D eigenvalue weighted by Gasteiger charge is 2.27. The Morgan fingerprint density at radius 1 is 1.29 bits per heavy atom. The van der Waals surface area contributed by atoms with Gasteiger partial charge in [-0.3, -0.25) is 4.79 Å². The molecule has 0 aliphatic carbocycles. The Balaban J connectivity index is 2.49. The first-order valence-electron chi connectivity index (χ1n) is 5.99. The predicted molar refractivity (Wildman–Crippen MR) is 79.7 cm³/mol. The number of rotatable bonds is 4. The molecule has 0 saturated carbocycles. The number of nitrogens with one attached hydrogen (secondary N) is 1. The van der Waals surface area contributed by atoms with Crippen LogP contribution in [0.25, 0.3) is 0 Å². The molecule has 21 heavy (non-hydrogen) atoms. The SMILES string of the molecule is CC(F)(F)c1ccc(C(N)=O)c(Nc2ccccc2Br)n1. The number of halogens is 3. The summed E-state index contributed by atoms with van der Waals surface area (Å²) in [5, 5.41) is 2.84. The summed E-state index contributed by atoms with van der Waals surface area (Å²) in [6, 6.07) is 9.37. The van der Waals surface area contributed by atoms with E-state index in [9.17, 15) is 13.6 Å². The summed E-state index contributed by atoms with van der Waals surface area (Å²) in [4.78, 5) is 15.2. The van der Waals surface area contributed by atoms with Crippen LogP contribution >= 0.6 is 15.9 Å². The van der Waals surface area contributed by atoms with Crippen LogP contribution in [0, 0.1) is 0 Å². The van der Waals surface area contributed by atoms with E-state index in [2.05, 4.69) is 26.2 Å². The van der Waals surface area contributed by atoms with Crippen molar-refractivity contribution in [3.8, 4) is 0 Å². The van der Waals surface area contributed by atoms with E-state index >= 15 is 0 Å². The maximum atomic E-state index is 13.4. The zero-order valence-corrected chi connectivity index (χ0v) is 12.6. The minimum Gasteiger partial charge on any atom is -0.365 e. The first-order valence-corrected chi connectivity index (χ1v) is 6.79. The molecule has 2 aromatic rings. The number of alkyl halides is 2. The molecule has 0 saturated heterocycles. The minimum atomic E-state index is -3.11. The fourth-order valence-electron chi connectivity index (χ4n) is 1.69. The number of hydrogen-bond acceptors (Lipinski definition) is 3. The van der Waals surface area contributed by atoms with Crippen molar-refractivity contribution in [2.24, 2.45) is 5.73 Å². The average Bonchev–Trinajstić information content (AvgIpc) is 2.40. The molecular formula is C14H12BrF2N3O. The van der Waals surface area contributed by atoms with Gasteiger partial charge in [0.05, 0.1) is 11.3 Å². The molecule has 1 heterocycles. The number of nitrogens with two attached hydrogens (primary N) is 1. The maximum Gasteiger partial charge on any atom is 0.287 e. The van der Waals surface area contributed by atoms with Gasteiger partial charge in [0.25, 0.3) is 11.8 Å². The molecule has 0 bridgehead atoms. The lowest BCUT2D eigenvalue weighted by Crippen LogP contribution is -2.17. The van der Waals surface area contributed by atoms with Crippen molar-refractivity contribution in [1.29, 1.82) is 0 Å². The van der Waals surface area contributed by atoms with Crippen molar-refractivity contribution >= 4 is 33.3 Å². The molecule has 3 N–H and O–H groups in total. The minimum absolute atomic E-state index is 0.00609. The number of amides is 1. The molecule has 0 aliphatic heterocycles. The molecule has 0 spiro atoms. The Hall–Kier alpha value is -2.02. The fraction of sp³-hybridized carbons (Fsp3) is 0.143. The first-order chi connectivity index (χ1) is 9.79. The fourth-order valence-corrected chi connectivity index (χ4v) is 2.07. The van der Waals surface area contributed by atoms with Crippen LogP contribution in [-0.2, 0) is 5.92 Å². The lowest BCUT2D eigenvalue weighted by atomic mass is 10.1. The largest absolute Gasteiger partial charge is 0.365 e. The summed E-state index contributed by atoms with van der Waals surface area (Å²) < 4.78 is 27.4. The summed E-state index contributed by atoms with van der Waals surface area (Å²) >= 11 is 3.32. The third kappa shape index (κ3) is 3.55. The molecular weight excluding hydrogens is 344 g/mol. The van der Waals surface area contributed by atoms with Crippen molar-refractivity contribution < 1.29 is 13.6 Å². The second-order valence-electron chi connectivity index (χ2n) is 4.45. The molecule has 0 radical (unpaired) electrons. The number of hydrogen-bond donors (Lipinski definition) is 2. The summed E-state index contributed by atoms with van der Waals surface area (Å²) in [5.74, 6) is -3.86. The monoisotopic (exact) mass is 355 g/mol. The lowest BCUT2D eigenvalue weighted by Gasteiger charge is -2.15. The maximum absolute atomic E-state index is 13.4. The van der Waals surface area contributed by atoms with E-state index < -0.39 is 17.5 Å². The summed E-state index contributed by atoms with van der Waals surface area (Å²) in [7, 11) is 0. The van der Waals surface area contributed by atoms with E-state index in [1.54, 1.807) is 24.3 Å². The standard InChI is InChI=1S/C14H12BrF2N3O/c1-14(16,17)11-7-6-8(12(18)21)13(20-11)19-10-5-3-2-4-9(10)15/h2-7H,1H3,(H2,18,21)(H,19,20). The highest BCUT2D eigenvalue weighted by Crippen LogP contribution is 2.30. The van der Waals surface area contributed by atoms with E-state index in [1.165, 1.54) is 6.07 Å². The van der Waals surface area contributed by atoms with Crippen LogP contribution in [0.15, 0.2) is 40.9 Å². The zero-order chi connectivity index (χ0) is 15.6. The second kappa shape index (κ2) is 5.77. The molecule has 1 aromatic heterocycles. The van der Waals surface area contributed by atoms with E-state index in [0.717, 1.165) is 13.0 Å². The Morgan fingerprint density at radius 2 is 1.95 bits per heavy atom. The highest BCUT2D eigenvalue weighted by atomic mass is 79.9. The van der Waals surface area contributed by atoms with Crippen molar-refractivity contribution in [2.75, 3.05) is 5.32 Å². The van der Waals surface area contributed by atoms with Gasteiger partial charge < -0.3 is 11.1 Å². The van der Waals surface area contributed by atoms with Crippen LogP contribution in [-0.4, -0.2) is 10.9 Å². The molecule has 0 fully saturated rings. The van der Waals surface area contributed by atoms with Gasteiger partial charge in [0, 0.05) is 11.4 Å². The van der Waals surface area contributed by atoms with Gasteiger partial charge in [-0.15, -0.1) is 0 Å². The quantitative estimate of drug-likeness (QED) is 0.876. The van der Waals surface area contributed by atoms with Crippen LogP contribution < -0.4 is 11.1 Å². The van der Waals surface area contributed by atoms with Gasteiger partial charge in [0.2, 0.25) is 0 Å². The number of anilines is 2. The van der Waals surface area contributed by atoms with Gasteiger partial charge in [-0.2, -0.15) is 8.78 Å². The molecule has 7 heteroatoms. The predicted octanol–water partition coefficient (Wildman–Crippen LogP) is 3.80. The molecule has 1 amide bonds. The lowest BCUT2D eigenvalue weighted by molar-refractivity contribution is 0.0128. The Morgan fingerprint density at radius 3 is 2.52 bits per heavy atom. The molecule has 2 rings (SSSR count). The zero-order valence-electron chi connectivity index (χ0n) is 11.0. The summed E-state index contributed by atoms with van der Waals surface area (Å²) in [6.45, 7) is 0.738. The van der Waals surface area contributed by atoms with Crippen molar-refractivity contribution in [2.45, 2.75) is 12.8 Å². The number of pyridine rings is 1. The van der Waals surface area contributed by atoms with Crippen molar-refractivity contribution in [1.82, 2.24) is 4.98 Å². The second-order valence-corrected chi connectivity index (χ2v) is 5.30. The number of carbonyl (C=O) groups is 1. The average molecular weight is 356 g/mol. The van der Waals surface area contributed by atoms with E-state index in [4.69, 9.17) is 5.73 Å². The molecule has 1 aromatic carbocycles. The first kappa shape index (κ1) is 15.4. The third-order valence-electron chi connectivity index (χ3n) is 2.74. The van der Waals surface area contributed by atoms with Gasteiger partial charge >= 0.3 is 0 Å². The third-order valence-corrected chi connectivity index (χ3v) is 3.43. The van der Waals surface area contributed by atoms with Crippen molar-refractivity contribution in [3.63, 3.8) is 0 Å². The van der Waals surface area contributed by atoms with Gasteiger partial charge in [0.15, 0.2) is 0 Å². The summed E-state index contributed by atoms with van der Waals surface area (Å²) in [5.41, 5.74) is 5.43. The smallest absolute Gasteiger partial charge is 0.287 e. The van der Waals surface area contributed by atoms with Crippen LogP contribution in [0.5, 0.6) is 0 Å². The molecule has 4 nitrogen and oxygen atoms in total. The topological polar surface area (TPSA) is 68.0 Å². The number of primary amides is 1. The van der Waals surface area contributed by atoms with Gasteiger partial charge in [-0.05, 0) is 40.2 Å². The molecule has 0 atom stereocenters. The number of nitrogens with zero attached hydrogens (tertiary/aromatic N) is 1. The van der Waals surface area contributed by atoms with E-state index in [-0.39, 0.29) is 11.4 Å². The van der Waals surface area contributed by atoms with E-state index in [0.29, 0.717) is 10.2 Å². The van der Waals surface area contributed by atoms with Gasteiger partial charge in [-0.1, -0.05) is 12.1 Å². The summed E-state index contributed by atoms with van der Waals surface area (Å²) in [6.07, 6.45) is 0. The number of carbonyl (C=O) groups excluding carboxylic acids is 1. The highest BCUT2D eigenvalue weighted by molar-refractivity contribution is 9.10. The Kier molecular flexibility index (Phi) is 4.22. The molecule has 110 valence electrons. The van der Waals surface area contributed by atoms with Crippen molar-refractivity contribution in [3.05, 3.63) is 52.1 Å². The Labute approximate surface area is 128 Å². The Bertz CT molecular complexity index is 686. The number of para-hydroxylation sites is 1. The number of aromatic nitrogens is 1. The molecule has 0 unspecified atom stereocenters.